The third kappa shape index (κ3) is 4.63. The van der Waals surface area contributed by atoms with Crippen LogP contribution < -0.4 is 11.1 Å². The lowest BCUT2D eigenvalue weighted by atomic mass is 9.75. The molecule has 0 saturated heterocycles. The normalized spacial score (nSPS) is 13.8. The van der Waals surface area contributed by atoms with E-state index in [4.69, 9.17) is 5.73 Å². The molecule has 0 amide bonds. The molecule has 0 spiro atoms. The SMILES string of the molecule is CC(C)CNCC(C)(C)C(C)(C)N. The van der Waals surface area contributed by atoms with E-state index in [9.17, 15) is 0 Å². The monoisotopic (exact) mass is 186 g/mol. The summed E-state index contributed by atoms with van der Waals surface area (Å²) in [6.07, 6.45) is 0. The molecule has 0 aliphatic rings. The predicted octanol–water partition coefficient (Wildman–Crippen LogP) is 2.00. The Bertz CT molecular complexity index is 143. The van der Waals surface area contributed by atoms with Crippen LogP contribution in [0.2, 0.25) is 0 Å². The molecule has 0 unspecified atom stereocenters. The smallest absolute Gasteiger partial charge is 0.0161 e. The van der Waals surface area contributed by atoms with Gasteiger partial charge in [-0.15, -0.1) is 0 Å². The fraction of sp³-hybridized carbons (Fsp3) is 1.00. The number of rotatable bonds is 5. The molecule has 0 aliphatic heterocycles. The van der Waals surface area contributed by atoms with E-state index in [2.05, 4.69) is 46.9 Å². The fourth-order valence-corrected chi connectivity index (χ4v) is 0.901. The Morgan fingerprint density at radius 1 is 1.15 bits per heavy atom. The molecule has 0 aliphatic carbocycles. The molecular weight excluding hydrogens is 160 g/mol. The highest BCUT2D eigenvalue weighted by molar-refractivity contribution is 4.91. The van der Waals surface area contributed by atoms with Crippen molar-refractivity contribution in [2.45, 2.75) is 47.1 Å². The molecule has 0 aromatic rings. The van der Waals surface area contributed by atoms with E-state index in [0.717, 1.165) is 13.1 Å². The van der Waals surface area contributed by atoms with Crippen LogP contribution in [0.3, 0.4) is 0 Å². The van der Waals surface area contributed by atoms with Crippen LogP contribution in [-0.4, -0.2) is 18.6 Å². The van der Waals surface area contributed by atoms with Crippen molar-refractivity contribution >= 4 is 0 Å². The van der Waals surface area contributed by atoms with Gasteiger partial charge in [-0.3, -0.25) is 0 Å². The van der Waals surface area contributed by atoms with E-state index in [-0.39, 0.29) is 11.0 Å². The van der Waals surface area contributed by atoms with Crippen molar-refractivity contribution in [2.75, 3.05) is 13.1 Å². The van der Waals surface area contributed by atoms with E-state index >= 15 is 0 Å². The maximum atomic E-state index is 6.09. The Morgan fingerprint density at radius 3 is 1.92 bits per heavy atom. The van der Waals surface area contributed by atoms with Crippen LogP contribution >= 0.6 is 0 Å². The van der Waals surface area contributed by atoms with Gasteiger partial charge in [-0.1, -0.05) is 27.7 Å². The first-order valence-electron chi connectivity index (χ1n) is 5.16. The molecule has 0 heterocycles. The molecule has 0 atom stereocenters. The maximum absolute atomic E-state index is 6.09. The van der Waals surface area contributed by atoms with Crippen LogP contribution in [0.5, 0.6) is 0 Å². The van der Waals surface area contributed by atoms with E-state index in [1.54, 1.807) is 0 Å². The topological polar surface area (TPSA) is 38.0 Å². The highest BCUT2D eigenvalue weighted by atomic mass is 14.9. The zero-order valence-electron chi connectivity index (χ0n) is 10.1. The van der Waals surface area contributed by atoms with E-state index < -0.39 is 0 Å². The summed E-state index contributed by atoms with van der Waals surface area (Å²) >= 11 is 0. The first-order chi connectivity index (χ1) is 5.67. The summed E-state index contributed by atoms with van der Waals surface area (Å²) in [6.45, 7) is 15.1. The summed E-state index contributed by atoms with van der Waals surface area (Å²) in [5.41, 5.74) is 6.10. The summed E-state index contributed by atoms with van der Waals surface area (Å²) < 4.78 is 0. The Kier molecular flexibility index (Phi) is 4.40. The molecule has 0 rings (SSSR count). The fourth-order valence-electron chi connectivity index (χ4n) is 0.901. The van der Waals surface area contributed by atoms with Crippen molar-refractivity contribution in [3.05, 3.63) is 0 Å². The van der Waals surface area contributed by atoms with Crippen molar-refractivity contribution in [3.63, 3.8) is 0 Å². The number of nitrogens with two attached hydrogens (primary N) is 1. The Labute approximate surface area is 83.3 Å². The molecule has 80 valence electrons. The quantitative estimate of drug-likeness (QED) is 0.689. The van der Waals surface area contributed by atoms with Crippen molar-refractivity contribution in [1.29, 1.82) is 0 Å². The van der Waals surface area contributed by atoms with Gasteiger partial charge in [0.2, 0.25) is 0 Å². The van der Waals surface area contributed by atoms with Crippen molar-refractivity contribution < 1.29 is 0 Å². The molecule has 0 radical (unpaired) electrons. The second kappa shape index (κ2) is 4.43. The number of hydrogen-bond acceptors (Lipinski definition) is 2. The maximum Gasteiger partial charge on any atom is 0.0161 e. The minimum atomic E-state index is -0.128. The van der Waals surface area contributed by atoms with Crippen LogP contribution in [0.15, 0.2) is 0 Å². The zero-order valence-corrected chi connectivity index (χ0v) is 10.1. The molecule has 0 aromatic carbocycles. The van der Waals surface area contributed by atoms with Crippen molar-refractivity contribution in [1.82, 2.24) is 5.32 Å². The van der Waals surface area contributed by atoms with Crippen LogP contribution in [0, 0.1) is 11.3 Å². The van der Waals surface area contributed by atoms with Gasteiger partial charge in [0, 0.05) is 12.1 Å². The molecule has 2 heteroatoms. The standard InChI is InChI=1S/C11H26N2/c1-9(2)7-13-8-10(3,4)11(5,6)12/h9,13H,7-8,12H2,1-6H3. The molecule has 0 aromatic heterocycles. The zero-order chi connectivity index (χ0) is 10.7. The van der Waals surface area contributed by atoms with Gasteiger partial charge in [-0.05, 0) is 31.7 Å². The summed E-state index contributed by atoms with van der Waals surface area (Å²) in [4.78, 5) is 0. The lowest BCUT2D eigenvalue weighted by molar-refractivity contribution is 0.193. The summed E-state index contributed by atoms with van der Waals surface area (Å²) in [5.74, 6) is 0.705. The van der Waals surface area contributed by atoms with Crippen LogP contribution in [0.1, 0.15) is 41.5 Å². The van der Waals surface area contributed by atoms with Crippen molar-refractivity contribution in [2.24, 2.45) is 17.1 Å². The molecular formula is C11H26N2. The van der Waals surface area contributed by atoms with Gasteiger partial charge < -0.3 is 11.1 Å². The lowest BCUT2D eigenvalue weighted by Crippen LogP contribution is -2.52. The van der Waals surface area contributed by atoms with Gasteiger partial charge in [-0.2, -0.15) is 0 Å². The predicted molar refractivity (Wildman–Crippen MR) is 59.8 cm³/mol. The molecule has 0 bridgehead atoms. The van der Waals surface area contributed by atoms with Crippen LogP contribution in [-0.2, 0) is 0 Å². The van der Waals surface area contributed by atoms with Gasteiger partial charge in [0.05, 0.1) is 0 Å². The Morgan fingerprint density at radius 2 is 1.62 bits per heavy atom. The average molecular weight is 186 g/mol. The molecule has 2 nitrogen and oxygen atoms in total. The first kappa shape index (κ1) is 12.9. The van der Waals surface area contributed by atoms with E-state index in [0.29, 0.717) is 5.92 Å². The summed E-state index contributed by atoms with van der Waals surface area (Å²) in [5, 5.41) is 3.45. The number of nitrogens with one attached hydrogen (secondary N) is 1. The van der Waals surface area contributed by atoms with E-state index in [1.807, 2.05) is 0 Å². The van der Waals surface area contributed by atoms with Crippen LogP contribution in [0.4, 0.5) is 0 Å². The van der Waals surface area contributed by atoms with Crippen molar-refractivity contribution in [3.8, 4) is 0 Å². The van der Waals surface area contributed by atoms with Crippen LogP contribution in [0.25, 0.3) is 0 Å². The first-order valence-corrected chi connectivity index (χ1v) is 5.16. The summed E-state index contributed by atoms with van der Waals surface area (Å²) in [6, 6.07) is 0. The van der Waals surface area contributed by atoms with Gasteiger partial charge in [-0.25, -0.2) is 0 Å². The van der Waals surface area contributed by atoms with E-state index in [1.165, 1.54) is 0 Å². The molecule has 3 N–H and O–H groups in total. The minimum absolute atomic E-state index is 0.128. The average Bonchev–Trinajstić information content (AvgIpc) is 1.82. The second-order valence-electron chi connectivity index (χ2n) is 5.63. The third-order valence-electron chi connectivity index (χ3n) is 2.86. The van der Waals surface area contributed by atoms with Gasteiger partial charge >= 0.3 is 0 Å². The second-order valence-corrected chi connectivity index (χ2v) is 5.63. The molecule has 0 fully saturated rings. The summed E-state index contributed by atoms with van der Waals surface area (Å²) in [7, 11) is 0. The minimum Gasteiger partial charge on any atom is -0.325 e. The molecule has 13 heavy (non-hydrogen) atoms. The highest BCUT2D eigenvalue weighted by Crippen LogP contribution is 2.26. The largest absolute Gasteiger partial charge is 0.325 e. The third-order valence-corrected chi connectivity index (χ3v) is 2.86. The van der Waals surface area contributed by atoms with Gasteiger partial charge in [0.15, 0.2) is 0 Å². The number of hydrogen-bond donors (Lipinski definition) is 2. The molecule has 0 saturated carbocycles. The highest BCUT2D eigenvalue weighted by Gasteiger charge is 2.32. The van der Waals surface area contributed by atoms with Gasteiger partial charge in [0.25, 0.3) is 0 Å². The Balaban J connectivity index is 3.90. The lowest BCUT2D eigenvalue weighted by Gasteiger charge is -2.39. The Hall–Kier alpha value is -0.0800. The van der Waals surface area contributed by atoms with Gasteiger partial charge in [0.1, 0.15) is 0 Å².